The molecule has 0 fully saturated rings. The van der Waals surface area contributed by atoms with Crippen LogP contribution in [0.25, 0.3) is 10.8 Å². The minimum Gasteiger partial charge on any atom is -0.507 e. The van der Waals surface area contributed by atoms with E-state index < -0.39 is 0 Å². The molecular formula is C16H13BrN2O. The van der Waals surface area contributed by atoms with Crippen LogP contribution in [0.4, 0.5) is 5.69 Å². The van der Waals surface area contributed by atoms with Crippen LogP contribution in [0, 0.1) is 0 Å². The maximum Gasteiger partial charge on any atom is 0.123 e. The van der Waals surface area contributed by atoms with Gasteiger partial charge in [-0.2, -0.15) is 0 Å². The number of anilines is 1. The lowest BCUT2D eigenvalue weighted by molar-refractivity contribution is 0.481. The molecule has 20 heavy (non-hydrogen) atoms. The molecule has 2 aromatic carbocycles. The van der Waals surface area contributed by atoms with Gasteiger partial charge in [0.1, 0.15) is 10.4 Å². The molecule has 2 N–H and O–H groups in total. The van der Waals surface area contributed by atoms with Gasteiger partial charge >= 0.3 is 0 Å². The Hall–Kier alpha value is -2.07. The Morgan fingerprint density at radius 3 is 2.55 bits per heavy atom. The van der Waals surface area contributed by atoms with Crippen LogP contribution in [-0.2, 0) is 6.54 Å². The molecule has 0 unspecified atom stereocenters. The van der Waals surface area contributed by atoms with E-state index in [1.54, 1.807) is 6.07 Å². The zero-order valence-electron chi connectivity index (χ0n) is 10.7. The van der Waals surface area contributed by atoms with Crippen LogP contribution in [0.1, 0.15) is 5.69 Å². The third-order valence-corrected chi connectivity index (χ3v) is 3.57. The Morgan fingerprint density at radius 2 is 1.70 bits per heavy atom. The summed E-state index contributed by atoms with van der Waals surface area (Å²) in [4.78, 5) is 4.39. The summed E-state index contributed by atoms with van der Waals surface area (Å²) in [5.74, 6) is 0.298. The van der Waals surface area contributed by atoms with Gasteiger partial charge in [-0.05, 0) is 40.2 Å². The van der Waals surface area contributed by atoms with E-state index in [0.29, 0.717) is 12.3 Å². The second kappa shape index (κ2) is 5.51. The maximum absolute atomic E-state index is 9.87. The average molecular weight is 329 g/mol. The summed E-state index contributed by atoms with van der Waals surface area (Å²) in [5, 5.41) is 15.1. The predicted octanol–water partition coefficient (Wildman–Crippen LogP) is 4.32. The highest BCUT2D eigenvalue weighted by Gasteiger charge is 2.04. The van der Waals surface area contributed by atoms with Gasteiger partial charge in [0.2, 0.25) is 0 Å². The van der Waals surface area contributed by atoms with E-state index in [9.17, 15) is 5.11 Å². The smallest absolute Gasteiger partial charge is 0.123 e. The number of nitrogens with zero attached hydrogens (tertiary/aromatic N) is 1. The zero-order valence-corrected chi connectivity index (χ0v) is 12.3. The van der Waals surface area contributed by atoms with Gasteiger partial charge < -0.3 is 10.4 Å². The van der Waals surface area contributed by atoms with Crippen molar-refractivity contribution in [1.29, 1.82) is 0 Å². The Balaban J connectivity index is 1.90. The van der Waals surface area contributed by atoms with Crippen molar-refractivity contribution in [2.75, 3.05) is 5.32 Å². The van der Waals surface area contributed by atoms with Gasteiger partial charge in [-0.25, -0.2) is 4.98 Å². The second-order valence-corrected chi connectivity index (χ2v) is 5.30. The SMILES string of the molecule is Oc1cccc2c(NCc3cccc(Br)n3)cccc12. The van der Waals surface area contributed by atoms with Gasteiger partial charge in [0.15, 0.2) is 0 Å². The van der Waals surface area contributed by atoms with E-state index >= 15 is 0 Å². The van der Waals surface area contributed by atoms with Crippen LogP contribution < -0.4 is 5.32 Å². The van der Waals surface area contributed by atoms with Gasteiger partial charge in [-0.3, -0.25) is 0 Å². The highest BCUT2D eigenvalue weighted by molar-refractivity contribution is 9.10. The fraction of sp³-hybridized carbons (Fsp3) is 0.0625. The number of pyridine rings is 1. The van der Waals surface area contributed by atoms with Crippen molar-refractivity contribution in [3.8, 4) is 5.75 Å². The number of halogens is 1. The van der Waals surface area contributed by atoms with Crippen LogP contribution in [0.15, 0.2) is 59.2 Å². The Kier molecular flexibility index (Phi) is 3.56. The van der Waals surface area contributed by atoms with E-state index in [2.05, 4.69) is 26.2 Å². The van der Waals surface area contributed by atoms with Crippen LogP contribution in [0.5, 0.6) is 5.75 Å². The number of hydrogen-bond acceptors (Lipinski definition) is 3. The summed E-state index contributed by atoms with van der Waals surface area (Å²) >= 11 is 3.37. The molecule has 1 heterocycles. The van der Waals surface area contributed by atoms with Crippen molar-refractivity contribution < 1.29 is 5.11 Å². The van der Waals surface area contributed by atoms with Crippen molar-refractivity contribution in [2.45, 2.75) is 6.54 Å². The number of benzene rings is 2. The number of hydrogen-bond donors (Lipinski definition) is 2. The minimum atomic E-state index is 0.298. The molecule has 0 aliphatic rings. The molecule has 1 aromatic heterocycles. The van der Waals surface area contributed by atoms with Crippen LogP contribution >= 0.6 is 15.9 Å². The van der Waals surface area contributed by atoms with E-state index in [4.69, 9.17) is 0 Å². The Morgan fingerprint density at radius 1 is 0.950 bits per heavy atom. The van der Waals surface area contributed by atoms with Crippen molar-refractivity contribution in [1.82, 2.24) is 4.98 Å². The summed E-state index contributed by atoms with van der Waals surface area (Å²) in [6.45, 7) is 0.633. The van der Waals surface area contributed by atoms with Gasteiger partial charge in [0.25, 0.3) is 0 Å². The summed E-state index contributed by atoms with van der Waals surface area (Å²) in [5.41, 5.74) is 1.94. The molecule has 0 aliphatic heterocycles. The lowest BCUT2D eigenvalue weighted by Gasteiger charge is -2.10. The molecule has 0 atom stereocenters. The summed E-state index contributed by atoms with van der Waals surface area (Å²) in [6, 6.07) is 17.2. The van der Waals surface area contributed by atoms with Gasteiger partial charge in [0.05, 0.1) is 12.2 Å². The summed E-state index contributed by atoms with van der Waals surface area (Å²) < 4.78 is 0.826. The van der Waals surface area contributed by atoms with Crippen molar-refractivity contribution in [3.63, 3.8) is 0 Å². The van der Waals surface area contributed by atoms with Gasteiger partial charge in [0, 0.05) is 16.5 Å². The summed E-state index contributed by atoms with van der Waals surface area (Å²) in [6.07, 6.45) is 0. The third kappa shape index (κ3) is 2.60. The first kappa shape index (κ1) is 12.9. The van der Waals surface area contributed by atoms with E-state index in [0.717, 1.165) is 26.8 Å². The highest BCUT2D eigenvalue weighted by Crippen LogP contribution is 2.29. The number of aromatic hydroxyl groups is 1. The largest absolute Gasteiger partial charge is 0.507 e. The van der Waals surface area contributed by atoms with Gasteiger partial charge in [-0.15, -0.1) is 0 Å². The molecule has 0 saturated carbocycles. The standard InChI is InChI=1S/C16H13BrN2O/c17-16-9-1-4-11(19-16)10-18-14-7-2-6-13-12(14)5-3-8-15(13)20/h1-9,18,20H,10H2. The first-order valence-electron chi connectivity index (χ1n) is 6.30. The molecule has 3 aromatic rings. The average Bonchev–Trinajstić information content (AvgIpc) is 2.46. The topological polar surface area (TPSA) is 45.1 Å². The lowest BCUT2D eigenvalue weighted by Crippen LogP contribution is -2.02. The first-order chi connectivity index (χ1) is 9.74. The molecule has 0 saturated heterocycles. The highest BCUT2D eigenvalue weighted by atomic mass is 79.9. The minimum absolute atomic E-state index is 0.298. The lowest BCUT2D eigenvalue weighted by atomic mass is 10.1. The third-order valence-electron chi connectivity index (χ3n) is 3.13. The summed E-state index contributed by atoms with van der Waals surface area (Å²) in [7, 11) is 0. The Labute approximate surface area is 125 Å². The molecule has 0 radical (unpaired) electrons. The first-order valence-corrected chi connectivity index (χ1v) is 7.09. The number of phenols is 1. The zero-order chi connectivity index (χ0) is 13.9. The van der Waals surface area contributed by atoms with E-state index in [1.165, 1.54) is 0 Å². The number of aromatic nitrogens is 1. The Bertz CT molecular complexity index is 758. The molecule has 100 valence electrons. The number of fused-ring (bicyclic) bond motifs is 1. The van der Waals surface area contributed by atoms with Gasteiger partial charge in [-0.1, -0.05) is 30.3 Å². The number of nitrogens with one attached hydrogen (secondary N) is 1. The molecule has 3 nitrogen and oxygen atoms in total. The molecule has 0 bridgehead atoms. The van der Waals surface area contributed by atoms with E-state index in [-0.39, 0.29) is 0 Å². The molecule has 4 heteroatoms. The van der Waals surface area contributed by atoms with Crippen molar-refractivity contribution >= 4 is 32.4 Å². The van der Waals surface area contributed by atoms with E-state index in [1.807, 2.05) is 48.5 Å². The van der Waals surface area contributed by atoms with Crippen LogP contribution in [-0.4, -0.2) is 10.1 Å². The van der Waals surface area contributed by atoms with Crippen molar-refractivity contribution in [2.24, 2.45) is 0 Å². The van der Waals surface area contributed by atoms with Crippen molar-refractivity contribution in [3.05, 3.63) is 64.9 Å². The molecule has 0 aliphatic carbocycles. The fourth-order valence-electron chi connectivity index (χ4n) is 2.18. The second-order valence-electron chi connectivity index (χ2n) is 4.48. The number of phenolic OH excluding ortho intramolecular Hbond substituents is 1. The normalized spacial score (nSPS) is 10.7. The molecule has 0 spiro atoms. The van der Waals surface area contributed by atoms with Crippen LogP contribution in [0.3, 0.4) is 0 Å². The maximum atomic E-state index is 9.87. The quantitative estimate of drug-likeness (QED) is 0.704. The number of rotatable bonds is 3. The predicted molar refractivity (Wildman–Crippen MR) is 84.9 cm³/mol. The van der Waals surface area contributed by atoms with Crippen LogP contribution in [0.2, 0.25) is 0 Å². The molecular weight excluding hydrogens is 316 g/mol. The molecule has 3 rings (SSSR count). The monoisotopic (exact) mass is 328 g/mol. The fourth-order valence-corrected chi connectivity index (χ4v) is 2.56. The molecule has 0 amide bonds.